The van der Waals surface area contributed by atoms with E-state index in [0.717, 1.165) is 6.54 Å². The Morgan fingerprint density at radius 3 is 2.90 bits per heavy atom. The summed E-state index contributed by atoms with van der Waals surface area (Å²) in [4.78, 5) is 18.1. The summed E-state index contributed by atoms with van der Waals surface area (Å²) in [6, 6.07) is 1.68. The summed E-state index contributed by atoms with van der Waals surface area (Å²) in [6.07, 6.45) is 1.59. The molecular formula is C14H21N3O3. The molecule has 2 heterocycles. The third-order valence-electron chi connectivity index (χ3n) is 3.22. The molecule has 1 aliphatic heterocycles. The maximum Gasteiger partial charge on any atom is 0.340 e. The Bertz CT molecular complexity index is 516. The predicted octanol–water partition coefficient (Wildman–Crippen LogP) is 1.45. The van der Waals surface area contributed by atoms with Crippen molar-refractivity contribution < 1.29 is 14.3 Å². The zero-order valence-corrected chi connectivity index (χ0v) is 12.3. The second-order valence-corrected chi connectivity index (χ2v) is 5.69. The van der Waals surface area contributed by atoms with Gasteiger partial charge in [0.25, 0.3) is 0 Å². The number of esters is 1. The van der Waals surface area contributed by atoms with Gasteiger partial charge in [0.05, 0.1) is 36.3 Å². The number of ether oxygens (including phenoxy) is 2. The molecule has 2 rings (SSSR count). The molecule has 1 unspecified atom stereocenters. The number of carbonyl (C=O) groups excluding carboxylic acids is 1. The van der Waals surface area contributed by atoms with Crippen molar-refractivity contribution in [3.05, 3.63) is 17.8 Å². The summed E-state index contributed by atoms with van der Waals surface area (Å²) in [5.41, 5.74) is 6.17. The highest BCUT2D eigenvalue weighted by Crippen LogP contribution is 2.26. The molecule has 0 bridgehead atoms. The van der Waals surface area contributed by atoms with Crippen molar-refractivity contribution in [1.29, 1.82) is 0 Å². The third kappa shape index (κ3) is 3.01. The Morgan fingerprint density at radius 1 is 1.60 bits per heavy atom. The van der Waals surface area contributed by atoms with E-state index >= 15 is 0 Å². The maximum absolute atomic E-state index is 11.7. The fraction of sp³-hybridized carbons (Fsp3) is 0.571. The van der Waals surface area contributed by atoms with E-state index in [0.29, 0.717) is 23.6 Å². The van der Waals surface area contributed by atoms with Crippen LogP contribution in [0.1, 0.15) is 31.1 Å². The van der Waals surface area contributed by atoms with Gasteiger partial charge in [-0.25, -0.2) is 9.78 Å². The molecule has 6 heteroatoms. The Morgan fingerprint density at radius 2 is 2.30 bits per heavy atom. The van der Waals surface area contributed by atoms with Crippen LogP contribution in [0, 0.1) is 0 Å². The molecule has 1 aromatic rings. The lowest BCUT2D eigenvalue weighted by Crippen LogP contribution is -2.52. The summed E-state index contributed by atoms with van der Waals surface area (Å²) in [5.74, 6) is 0.259. The average Bonchev–Trinajstić information content (AvgIpc) is 2.36. The molecule has 0 aliphatic carbocycles. The molecule has 0 saturated carbocycles. The Labute approximate surface area is 118 Å². The van der Waals surface area contributed by atoms with Gasteiger partial charge in [0, 0.05) is 13.1 Å². The fourth-order valence-electron chi connectivity index (χ4n) is 2.54. The van der Waals surface area contributed by atoms with Crippen LogP contribution in [0.15, 0.2) is 12.3 Å². The minimum Gasteiger partial charge on any atom is -0.465 e. The average molecular weight is 279 g/mol. The summed E-state index contributed by atoms with van der Waals surface area (Å²) in [5, 5.41) is 0. The van der Waals surface area contributed by atoms with E-state index in [1.165, 1.54) is 13.3 Å². The van der Waals surface area contributed by atoms with Crippen molar-refractivity contribution in [2.45, 2.75) is 32.5 Å². The van der Waals surface area contributed by atoms with Gasteiger partial charge in [0.15, 0.2) is 0 Å². The van der Waals surface area contributed by atoms with Crippen molar-refractivity contribution in [2.75, 3.05) is 30.8 Å². The summed E-state index contributed by atoms with van der Waals surface area (Å²) < 4.78 is 10.6. The van der Waals surface area contributed by atoms with E-state index in [-0.39, 0.29) is 11.7 Å². The molecule has 1 aliphatic rings. The fourth-order valence-corrected chi connectivity index (χ4v) is 2.54. The number of aromatic nitrogens is 1. The van der Waals surface area contributed by atoms with Gasteiger partial charge in [-0.05, 0) is 26.8 Å². The van der Waals surface area contributed by atoms with E-state index < -0.39 is 5.97 Å². The third-order valence-corrected chi connectivity index (χ3v) is 3.22. The topological polar surface area (TPSA) is 77.7 Å². The quantitative estimate of drug-likeness (QED) is 0.826. The van der Waals surface area contributed by atoms with Gasteiger partial charge in [0.1, 0.15) is 5.82 Å². The molecule has 20 heavy (non-hydrogen) atoms. The van der Waals surface area contributed by atoms with Crippen LogP contribution in [-0.2, 0) is 9.47 Å². The smallest absolute Gasteiger partial charge is 0.340 e. The van der Waals surface area contributed by atoms with Gasteiger partial charge in [-0.2, -0.15) is 0 Å². The molecular weight excluding hydrogens is 258 g/mol. The predicted molar refractivity (Wildman–Crippen MR) is 76.8 cm³/mol. The molecule has 1 atom stereocenters. The summed E-state index contributed by atoms with van der Waals surface area (Å²) >= 11 is 0. The molecule has 1 saturated heterocycles. The van der Waals surface area contributed by atoms with Gasteiger partial charge in [-0.3, -0.25) is 0 Å². The molecule has 0 spiro atoms. The lowest BCUT2D eigenvalue weighted by molar-refractivity contribution is -0.0751. The lowest BCUT2D eigenvalue weighted by atomic mass is 10.1. The summed E-state index contributed by atoms with van der Waals surface area (Å²) in [7, 11) is 1.34. The van der Waals surface area contributed by atoms with Crippen LogP contribution in [-0.4, -0.2) is 42.9 Å². The Kier molecular flexibility index (Phi) is 3.85. The van der Waals surface area contributed by atoms with Crippen LogP contribution >= 0.6 is 0 Å². The maximum atomic E-state index is 11.7. The standard InChI is InChI=1S/C14H21N3O3/c1-9-7-17(8-14(2,3)20-9)12-5-10(13(18)19-4)11(15)6-16-12/h5-6,9H,7-8,15H2,1-4H3. The number of hydrogen-bond donors (Lipinski definition) is 1. The lowest BCUT2D eigenvalue weighted by Gasteiger charge is -2.42. The van der Waals surface area contributed by atoms with E-state index in [2.05, 4.69) is 9.88 Å². The number of hydrogen-bond acceptors (Lipinski definition) is 6. The highest BCUT2D eigenvalue weighted by atomic mass is 16.5. The van der Waals surface area contributed by atoms with Gasteiger partial charge in [0.2, 0.25) is 0 Å². The number of nitrogens with zero attached hydrogens (tertiary/aromatic N) is 2. The molecule has 0 aromatic carbocycles. The molecule has 1 fully saturated rings. The number of nitrogens with two attached hydrogens (primary N) is 1. The van der Waals surface area contributed by atoms with Crippen molar-refractivity contribution in [3.8, 4) is 0 Å². The number of carbonyl (C=O) groups is 1. The summed E-state index contributed by atoms with van der Waals surface area (Å²) in [6.45, 7) is 7.52. The van der Waals surface area contributed by atoms with Crippen molar-refractivity contribution in [3.63, 3.8) is 0 Å². The van der Waals surface area contributed by atoms with Crippen LogP contribution in [0.4, 0.5) is 11.5 Å². The zero-order chi connectivity index (χ0) is 14.9. The highest BCUT2D eigenvalue weighted by molar-refractivity contribution is 5.95. The first-order valence-electron chi connectivity index (χ1n) is 6.59. The number of methoxy groups -OCH3 is 1. The monoisotopic (exact) mass is 279 g/mol. The number of nitrogen functional groups attached to an aromatic ring is 1. The Hall–Kier alpha value is -1.82. The SMILES string of the molecule is COC(=O)c1cc(N2CC(C)OC(C)(C)C2)ncc1N. The first-order chi connectivity index (χ1) is 9.32. The molecule has 0 amide bonds. The molecule has 1 aromatic heterocycles. The highest BCUT2D eigenvalue weighted by Gasteiger charge is 2.32. The van der Waals surface area contributed by atoms with Gasteiger partial charge >= 0.3 is 5.97 Å². The second kappa shape index (κ2) is 5.28. The van der Waals surface area contributed by atoms with Crippen LogP contribution < -0.4 is 10.6 Å². The molecule has 6 nitrogen and oxygen atoms in total. The van der Waals surface area contributed by atoms with E-state index in [4.69, 9.17) is 15.2 Å². The molecule has 0 radical (unpaired) electrons. The second-order valence-electron chi connectivity index (χ2n) is 5.69. The largest absolute Gasteiger partial charge is 0.465 e. The number of morpholine rings is 1. The Balaban J connectivity index is 2.31. The van der Waals surface area contributed by atoms with Crippen LogP contribution in [0.5, 0.6) is 0 Å². The van der Waals surface area contributed by atoms with E-state index in [9.17, 15) is 4.79 Å². The minimum absolute atomic E-state index is 0.0969. The first kappa shape index (κ1) is 14.6. The van der Waals surface area contributed by atoms with Crippen molar-refractivity contribution in [1.82, 2.24) is 4.98 Å². The van der Waals surface area contributed by atoms with Crippen LogP contribution in [0.3, 0.4) is 0 Å². The van der Waals surface area contributed by atoms with E-state index in [1.807, 2.05) is 20.8 Å². The van der Waals surface area contributed by atoms with Gasteiger partial charge < -0.3 is 20.1 Å². The first-order valence-corrected chi connectivity index (χ1v) is 6.59. The normalized spacial score (nSPS) is 21.6. The van der Waals surface area contributed by atoms with Crippen molar-refractivity contribution >= 4 is 17.5 Å². The van der Waals surface area contributed by atoms with Crippen LogP contribution in [0.2, 0.25) is 0 Å². The minimum atomic E-state index is -0.452. The zero-order valence-electron chi connectivity index (χ0n) is 12.3. The number of rotatable bonds is 2. The van der Waals surface area contributed by atoms with Gasteiger partial charge in [-0.15, -0.1) is 0 Å². The number of pyridine rings is 1. The molecule has 110 valence electrons. The van der Waals surface area contributed by atoms with Crippen molar-refractivity contribution in [2.24, 2.45) is 0 Å². The van der Waals surface area contributed by atoms with Gasteiger partial charge in [-0.1, -0.05) is 0 Å². The van der Waals surface area contributed by atoms with Crippen LogP contribution in [0.25, 0.3) is 0 Å². The number of anilines is 2. The molecule has 2 N–H and O–H groups in total. The van der Waals surface area contributed by atoms with E-state index in [1.54, 1.807) is 6.07 Å².